The van der Waals surface area contributed by atoms with Crippen molar-refractivity contribution in [2.75, 3.05) is 7.11 Å². The van der Waals surface area contributed by atoms with Crippen molar-refractivity contribution in [3.63, 3.8) is 0 Å². The van der Waals surface area contributed by atoms with Gasteiger partial charge in [0, 0.05) is 6.42 Å². The standard InChI is InChI=1S/C16H23NO5S/c1-12-7-9-16(10-8-12,11-15(18)17-19)23(20,21)14-5-3-13(22-2)4-6-14/h3-6,12,19H,7-11H2,1-2H3,(H,17,18). The normalized spacial score (nSPS) is 24.9. The summed E-state index contributed by atoms with van der Waals surface area (Å²) in [6.07, 6.45) is 2.08. The number of methoxy groups -OCH3 is 1. The van der Waals surface area contributed by atoms with Crippen molar-refractivity contribution in [2.45, 2.75) is 48.7 Å². The summed E-state index contributed by atoms with van der Waals surface area (Å²) in [5.41, 5.74) is 1.57. The fourth-order valence-electron chi connectivity index (χ4n) is 3.17. The minimum absolute atomic E-state index is 0.179. The van der Waals surface area contributed by atoms with Gasteiger partial charge in [0.1, 0.15) is 5.75 Å². The zero-order valence-electron chi connectivity index (χ0n) is 13.4. The summed E-state index contributed by atoms with van der Waals surface area (Å²) in [5, 5.41) is 8.83. The van der Waals surface area contributed by atoms with E-state index in [1.807, 2.05) is 0 Å². The molecule has 23 heavy (non-hydrogen) atoms. The van der Waals surface area contributed by atoms with Gasteiger partial charge in [0.2, 0.25) is 5.91 Å². The Kier molecular flexibility index (Phi) is 5.31. The fraction of sp³-hybridized carbons (Fsp3) is 0.562. The van der Waals surface area contributed by atoms with E-state index in [1.165, 1.54) is 19.2 Å². The van der Waals surface area contributed by atoms with Crippen LogP contribution in [0.2, 0.25) is 0 Å². The van der Waals surface area contributed by atoms with E-state index in [2.05, 4.69) is 6.92 Å². The summed E-state index contributed by atoms with van der Waals surface area (Å²) in [6.45, 7) is 2.08. The molecule has 7 heteroatoms. The lowest BCUT2D eigenvalue weighted by Gasteiger charge is -2.38. The topological polar surface area (TPSA) is 92.7 Å². The van der Waals surface area contributed by atoms with Crippen LogP contribution in [0.1, 0.15) is 39.0 Å². The van der Waals surface area contributed by atoms with Crippen LogP contribution in [0.3, 0.4) is 0 Å². The van der Waals surface area contributed by atoms with Gasteiger partial charge in [-0.05, 0) is 55.9 Å². The van der Waals surface area contributed by atoms with Crippen LogP contribution in [-0.2, 0) is 14.6 Å². The van der Waals surface area contributed by atoms with Gasteiger partial charge in [0.25, 0.3) is 0 Å². The first-order chi connectivity index (χ1) is 10.8. The van der Waals surface area contributed by atoms with E-state index in [-0.39, 0.29) is 11.3 Å². The van der Waals surface area contributed by atoms with Crippen LogP contribution < -0.4 is 10.2 Å². The summed E-state index contributed by atoms with van der Waals surface area (Å²) >= 11 is 0. The Labute approximate surface area is 136 Å². The highest BCUT2D eigenvalue weighted by atomic mass is 32.2. The van der Waals surface area contributed by atoms with Gasteiger partial charge >= 0.3 is 0 Å². The second kappa shape index (κ2) is 6.88. The molecule has 0 aliphatic heterocycles. The molecule has 1 amide bonds. The van der Waals surface area contributed by atoms with Crippen molar-refractivity contribution in [3.8, 4) is 5.75 Å². The molecule has 1 aliphatic carbocycles. The number of sulfone groups is 1. The number of hydrogen-bond acceptors (Lipinski definition) is 5. The number of benzene rings is 1. The first-order valence-electron chi connectivity index (χ1n) is 7.66. The van der Waals surface area contributed by atoms with Crippen LogP contribution in [-0.4, -0.2) is 31.4 Å². The smallest absolute Gasteiger partial charge is 0.244 e. The number of ether oxygens (including phenoxy) is 1. The van der Waals surface area contributed by atoms with E-state index in [1.54, 1.807) is 17.6 Å². The number of amides is 1. The molecule has 0 unspecified atom stereocenters. The van der Waals surface area contributed by atoms with Crippen molar-refractivity contribution in [2.24, 2.45) is 5.92 Å². The second-order valence-electron chi connectivity index (χ2n) is 6.26. The van der Waals surface area contributed by atoms with Crippen LogP contribution >= 0.6 is 0 Å². The molecule has 1 aromatic rings. The summed E-state index contributed by atoms with van der Waals surface area (Å²) in [5.74, 6) is 0.339. The molecule has 1 aromatic carbocycles. The van der Waals surface area contributed by atoms with Crippen molar-refractivity contribution in [1.29, 1.82) is 0 Å². The van der Waals surface area contributed by atoms with Gasteiger partial charge in [-0.25, -0.2) is 13.9 Å². The molecule has 2 N–H and O–H groups in total. The van der Waals surface area contributed by atoms with E-state index < -0.39 is 20.5 Å². The molecule has 0 bridgehead atoms. The third kappa shape index (κ3) is 3.50. The van der Waals surface area contributed by atoms with E-state index in [0.717, 1.165) is 12.8 Å². The average Bonchev–Trinajstić information content (AvgIpc) is 2.56. The number of carbonyl (C=O) groups is 1. The minimum Gasteiger partial charge on any atom is -0.497 e. The average molecular weight is 341 g/mol. The summed E-state index contributed by atoms with van der Waals surface area (Å²) < 4.78 is 30.2. The molecule has 128 valence electrons. The minimum atomic E-state index is -3.70. The third-order valence-corrected chi connectivity index (χ3v) is 7.32. The van der Waals surface area contributed by atoms with Gasteiger partial charge in [-0.15, -0.1) is 0 Å². The Morgan fingerprint density at radius 3 is 2.35 bits per heavy atom. The van der Waals surface area contributed by atoms with E-state index in [9.17, 15) is 13.2 Å². The SMILES string of the molecule is COc1ccc(S(=O)(=O)C2(CC(=O)NO)CCC(C)CC2)cc1. The van der Waals surface area contributed by atoms with Crippen molar-refractivity contribution < 1.29 is 23.2 Å². The molecular formula is C16H23NO5S. The number of hydrogen-bond donors (Lipinski definition) is 2. The molecule has 0 spiro atoms. The van der Waals surface area contributed by atoms with Gasteiger partial charge in [0.05, 0.1) is 16.8 Å². The van der Waals surface area contributed by atoms with Crippen molar-refractivity contribution in [1.82, 2.24) is 5.48 Å². The summed E-state index contributed by atoms with van der Waals surface area (Å²) in [4.78, 5) is 11.9. The van der Waals surface area contributed by atoms with Crippen LogP contribution in [0, 0.1) is 5.92 Å². The molecular weight excluding hydrogens is 318 g/mol. The van der Waals surface area contributed by atoms with Gasteiger partial charge in [-0.3, -0.25) is 10.0 Å². The number of nitrogens with one attached hydrogen (secondary N) is 1. The predicted molar refractivity (Wildman–Crippen MR) is 85.1 cm³/mol. The quantitative estimate of drug-likeness (QED) is 0.633. The second-order valence-corrected chi connectivity index (χ2v) is 8.60. The lowest BCUT2D eigenvalue weighted by molar-refractivity contribution is -0.130. The molecule has 0 heterocycles. The maximum absolute atomic E-state index is 13.2. The Balaban J connectivity index is 2.41. The first kappa shape index (κ1) is 17.7. The number of carbonyl (C=O) groups excluding carboxylic acids is 1. The predicted octanol–water partition coefficient (Wildman–Crippen LogP) is 2.31. The van der Waals surface area contributed by atoms with Crippen LogP contribution in [0.4, 0.5) is 0 Å². The molecule has 0 saturated heterocycles. The maximum Gasteiger partial charge on any atom is 0.244 e. The third-order valence-electron chi connectivity index (χ3n) is 4.73. The molecule has 1 aliphatic rings. The highest BCUT2D eigenvalue weighted by Crippen LogP contribution is 2.43. The first-order valence-corrected chi connectivity index (χ1v) is 9.14. The molecule has 6 nitrogen and oxygen atoms in total. The Morgan fingerprint density at radius 1 is 1.30 bits per heavy atom. The molecule has 0 atom stereocenters. The molecule has 0 aromatic heterocycles. The van der Waals surface area contributed by atoms with Gasteiger partial charge in [-0.2, -0.15) is 0 Å². The largest absolute Gasteiger partial charge is 0.497 e. The monoisotopic (exact) mass is 341 g/mol. The van der Waals surface area contributed by atoms with Crippen LogP contribution in [0.5, 0.6) is 5.75 Å². The lowest BCUT2D eigenvalue weighted by Crippen LogP contribution is -2.45. The number of rotatable bonds is 5. The molecule has 1 fully saturated rings. The van der Waals surface area contributed by atoms with Crippen LogP contribution in [0.25, 0.3) is 0 Å². The van der Waals surface area contributed by atoms with Gasteiger partial charge in [-0.1, -0.05) is 6.92 Å². The highest BCUT2D eigenvalue weighted by Gasteiger charge is 2.47. The molecule has 1 saturated carbocycles. The molecule has 0 radical (unpaired) electrons. The zero-order chi connectivity index (χ0) is 17.1. The van der Waals surface area contributed by atoms with Crippen molar-refractivity contribution >= 4 is 15.7 Å². The Bertz CT molecular complexity index is 646. The Hall–Kier alpha value is -1.60. The molecule has 2 rings (SSSR count). The fourth-order valence-corrected chi connectivity index (χ4v) is 5.25. The van der Waals surface area contributed by atoms with Gasteiger partial charge < -0.3 is 4.74 Å². The van der Waals surface area contributed by atoms with E-state index in [0.29, 0.717) is 24.5 Å². The summed E-state index contributed by atoms with van der Waals surface area (Å²) in [7, 11) is -2.19. The highest BCUT2D eigenvalue weighted by molar-refractivity contribution is 7.92. The van der Waals surface area contributed by atoms with Crippen molar-refractivity contribution in [3.05, 3.63) is 24.3 Å². The van der Waals surface area contributed by atoms with Gasteiger partial charge in [0.15, 0.2) is 9.84 Å². The lowest BCUT2D eigenvalue weighted by atomic mass is 9.80. The van der Waals surface area contributed by atoms with Crippen LogP contribution in [0.15, 0.2) is 29.2 Å². The Morgan fingerprint density at radius 2 is 1.87 bits per heavy atom. The zero-order valence-corrected chi connectivity index (χ0v) is 14.2. The maximum atomic E-state index is 13.2. The van der Waals surface area contributed by atoms with E-state index in [4.69, 9.17) is 9.94 Å². The van der Waals surface area contributed by atoms with E-state index >= 15 is 0 Å². The summed E-state index contributed by atoms with van der Waals surface area (Å²) in [6, 6.07) is 6.20. The number of hydroxylamine groups is 1.